The second kappa shape index (κ2) is 5.90. The van der Waals surface area contributed by atoms with Gasteiger partial charge in [0.15, 0.2) is 0 Å². The lowest BCUT2D eigenvalue weighted by Gasteiger charge is -2.29. The van der Waals surface area contributed by atoms with Crippen LogP contribution in [0.1, 0.15) is 34.3 Å². The van der Waals surface area contributed by atoms with Crippen LogP contribution in [-0.2, 0) is 15.5 Å². The number of imide groups is 1. The van der Waals surface area contributed by atoms with Gasteiger partial charge in [0.2, 0.25) is 11.8 Å². The summed E-state index contributed by atoms with van der Waals surface area (Å²) in [5, 5.41) is 8.60. The predicted molar refractivity (Wildman–Crippen MR) is 96.3 cm³/mol. The number of alkyl halides is 2. The molecule has 3 aromatic rings. The molecule has 5 rings (SSSR count). The summed E-state index contributed by atoms with van der Waals surface area (Å²) in [6, 6.07) is 3.60. The number of benzene rings is 1. The van der Waals surface area contributed by atoms with Crippen molar-refractivity contribution >= 4 is 34.3 Å². The molecule has 1 fully saturated rings. The summed E-state index contributed by atoms with van der Waals surface area (Å²) in [6.45, 7) is 0. The quantitative estimate of drug-likeness (QED) is 0.656. The third-order valence-electron chi connectivity index (χ3n) is 5.29. The number of H-pyrrole nitrogens is 1. The summed E-state index contributed by atoms with van der Waals surface area (Å²) in [4.78, 5) is 42.1. The summed E-state index contributed by atoms with van der Waals surface area (Å²) in [5.41, 5.74) is -0.497. The molecule has 146 valence electrons. The van der Waals surface area contributed by atoms with Crippen LogP contribution in [0.3, 0.4) is 0 Å². The van der Waals surface area contributed by atoms with Gasteiger partial charge < -0.3 is 0 Å². The smallest absolute Gasteiger partial charge is 0.295 e. The summed E-state index contributed by atoms with van der Waals surface area (Å²) in [5.74, 6) is -4.77. The van der Waals surface area contributed by atoms with E-state index >= 15 is 8.78 Å². The van der Waals surface area contributed by atoms with E-state index in [0.717, 1.165) is 18.6 Å². The van der Waals surface area contributed by atoms with Crippen LogP contribution >= 0.6 is 0 Å². The van der Waals surface area contributed by atoms with Gasteiger partial charge in [0.25, 0.3) is 5.91 Å². The maximum Gasteiger partial charge on any atom is 0.303 e. The molecular formula is C19H13F2N5O3. The number of nitrogens with one attached hydrogen (secondary N) is 2. The first-order chi connectivity index (χ1) is 13.9. The molecule has 0 spiro atoms. The van der Waals surface area contributed by atoms with E-state index in [4.69, 9.17) is 0 Å². The number of amides is 3. The number of rotatable bonds is 3. The van der Waals surface area contributed by atoms with Crippen molar-refractivity contribution in [3.8, 4) is 0 Å². The van der Waals surface area contributed by atoms with Gasteiger partial charge in [0.1, 0.15) is 11.9 Å². The second-order valence-electron chi connectivity index (χ2n) is 6.93. The number of pyridine rings is 1. The van der Waals surface area contributed by atoms with Gasteiger partial charge in [-0.25, -0.2) is 4.98 Å². The first-order valence-corrected chi connectivity index (χ1v) is 8.86. The molecule has 2 aliphatic rings. The van der Waals surface area contributed by atoms with E-state index in [1.807, 2.05) is 0 Å². The van der Waals surface area contributed by atoms with E-state index in [2.05, 4.69) is 20.5 Å². The van der Waals surface area contributed by atoms with Gasteiger partial charge in [-0.1, -0.05) is 12.1 Å². The van der Waals surface area contributed by atoms with Gasteiger partial charge >= 0.3 is 5.92 Å². The zero-order valence-corrected chi connectivity index (χ0v) is 14.8. The summed E-state index contributed by atoms with van der Waals surface area (Å²) in [6.07, 6.45) is 3.37. The maximum atomic E-state index is 15.1. The number of hydrogen-bond acceptors (Lipinski definition) is 5. The number of carbonyl (C=O) groups is 3. The molecule has 8 nitrogen and oxygen atoms in total. The Hall–Kier alpha value is -3.69. The molecule has 3 amide bonds. The van der Waals surface area contributed by atoms with Crippen molar-refractivity contribution in [1.29, 1.82) is 0 Å². The lowest BCUT2D eigenvalue weighted by atomic mass is 9.97. The zero-order chi connectivity index (χ0) is 20.3. The monoisotopic (exact) mass is 397 g/mol. The van der Waals surface area contributed by atoms with E-state index in [9.17, 15) is 14.4 Å². The van der Waals surface area contributed by atoms with Gasteiger partial charge in [0, 0.05) is 24.2 Å². The third kappa shape index (κ3) is 2.38. The Bertz CT molecular complexity index is 1190. The molecule has 2 N–H and O–H groups in total. The minimum absolute atomic E-state index is 0.0797. The summed E-state index contributed by atoms with van der Waals surface area (Å²) < 4.78 is 30.2. The molecule has 0 bridgehead atoms. The van der Waals surface area contributed by atoms with Gasteiger partial charge in [-0.3, -0.25) is 29.7 Å². The molecule has 4 heterocycles. The van der Waals surface area contributed by atoms with Gasteiger partial charge in [0.05, 0.1) is 22.9 Å². The Morgan fingerprint density at radius 1 is 1.17 bits per heavy atom. The normalized spacial score (nSPS) is 19.2. The third-order valence-corrected chi connectivity index (χ3v) is 5.29. The number of aromatic amines is 1. The minimum Gasteiger partial charge on any atom is -0.295 e. The first-order valence-electron chi connectivity index (χ1n) is 8.86. The number of halogens is 2. The number of carbonyl (C=O) groups excluding carboxylic acids is 3. The standard InChI is InChI=1S/C19H13F2N5O3/c20-19(21,9-6-23-24-7-9)12-8-22-16-15-10(12)2-1-3-11(15)18(29)26(16)13-4-5-14(27)25-17(13)28/h1-3,6-8,13H,4-5H2,(H,23,24)(H,25,27,28). The second-order valence-corrected chi connectivity index (χ2v) is 6.93. The Morgan fingerprint density at radius 3 is 2.72 bits per heavy atom. The molecule has 10 heteroatoms. The summed E-state index contributed by atoms with van der Waals surface area (Å²) >= 11 is 0. The fourth-order valence-electron chi connectivity index (χ4n) is 3.91. The van der Waals surface area contributed by atoms with Crippen molar-refractivity contribution < 1.29 is 23.2 Å². The van der Waals surface area contributed by atoms with E-state index in [1.54, 1.807) is 0 Å². The van der Waals surface area contributed by atoms with E-state index in [-0.39, 0.29) is 46.1 Å². The molecular weight excluding hydrogens is 384 g/mol. The largest absolute Gasteiger partial charge is 0.303 e. The van der Waals surface area contributed by atoms with Gasteiger partial charge in [-0.15, -0.1) is 0 Å². The Labute approximate surface area is 161 Å². The first kappa shape index (κ1) is 17.4. The Balaban J connectivity index is 1.68. The number of piperidine rings is 1. The van der Waals surface area contributed by atoms with Crippen LogP contribution in [0.5, 0.6) is 0 Å². The molecule has 1 atom stereocenters. The fraction of sp³-hybridized carbons (Fsp3) is 0.211. The van der Waals surface area contributed by atoms with Gasteiger partial charge in [-0.05, 0) is 17.9 Å². The van der Waals surface area contributed by atoms with E-state index in [1.165, 1.54) is 23.1 Å². The number of aromatic nitrogens is 3. The fourth-order valence-corrected chi connectivity index (χ4v) is 3.91. The molecule has 2 aliphatic heterocycles. The van der Waals surface area contributed by atoms with Crippen LogP contribution < -0.4 is 10.2 Å². The van der Waals surface area contributed by atoms with Crippen LogP contribution in [0.15, 0.2) is 36.8 Å². The average molecular weight is 397 g/mol. The van der Waals surface area contributed by atoms with Crippen molar-refractivity contribution in [3.05, 3.63) is 53.5 Å². The lowest BCUT2D eigenvalue weighted by molar-refractivity contribution is -0.134. The van der Waals surface area contributed by atoms with Crippen LogP contribution in [0.25, 0.3) is 10.8 Å². The highest BCUT2D eigenvalue weighted by Gasteiger charge is 2.44. The van der Waals surface area contributed by atoms with Crippen molar-refractivity contribution in [3.63, 3.8) is 0 Å². The van der Waals surface area contributed by atoms with Crippen LogP contribution in [0.2, 0.25) is 0 Å². The molecule has 0 aliphatic carbocycles. The Kier molecular flexibility index (Phi) is 3.54. The molecule has 29 heavy (non-hydrogen) atoms. The van der Waals surface area contributed by atoms with Crippen molar-refractivity contribution in [1.82, 2.24) is 20.5 Å². The zero-order valence-electron chi connectivity index (χ0n) is 14.8. The highest BCUT2D eigenvalue weighted by molar-refractivity contribution is 6.26. The highest BCUT2D eigenvalue weighted by atomic mass is 19.3. The molecule has 0 saturated carbocycles. The number of nitrogens with zero attached hydrogens (tertiary/aromatic N) is 3. The highest BCUT2D eigenvalue weighted by Crippen LogP contribution is 2.44. The lowest BCUT2D eigenvalue weighted by Crippen LogP contribution is -2.53. The number of hydrogen-bond donors (Lipinski definition) is 2. The SMILES string of the molecule is O=C1CCC(N2C(=O)c3cccc4c(C(F)(F)c5cn[nH]c5)cnc2c34)C(=O)N1. The predicted octanol–water partition coefficient (Wildman–Crippen LogP) is 1.86. The van der Waals surface area contributed by atoms with E-state index < -0.39 is 29.7 Å². The van der Waals surface area contributed by atoms with Crippen LogP contribution in [0.4, 0.5) is 14.6 Å². The van der Waals surface area contributed by atoms with Crippen LogP contribution in [-0.4, -0.2) is 38.9 Å². The van der Waals surface area contributed by atoms with Crippen molar-refractivity contribution in [2.45, 2.75) is 24.8 Å². The average Bonchev–Trinajstić information content (AvgIpc) is 3.32. The van der Waals surface area contributed by atoms with E-state index in [0.29, 0.717) is 0 Å². The maximum absolute atomic E-state index is 15.1. The molecule has 0 radical (unpaired) electrons. The van der Waals surface area contributed by atoms with Crippen LogP contribution in [0, 0.1) is 0 Å². The molecule has 1 unspecified atom stereocenters. The Morgan fingerprint density at radius 2 is 2.00 bits per heavy atom. The topological polar surface area (TPSA) is 108 Å². The van der Waals surface area contributed by atoms with Crippen molar-refractivity contribution in [2.24, 2.45) is 0 Å². The number of anilines is 1. The molecule has 1 saturated heterocycles. The molecule has 2 aromatic heterocycles. The summed E-state index contributed by atoms with van der Waals surface area (Å²) in [7, 11) is 0. The molecule has 1 aromatic carbocycles. The van der Waals surface area contributed by atoms with Gasteiger partial charge in [-0.2, -0.15) is 13.9 Å². The minimum atomic E-state index is -3.39. The van der Waals surface area contributed by atoms with Crippen molar-refractivity contribution in [2.75, 3.05) is 4.90 Å².